The second kappa shape index (κ2) is 6.80. The van der Waals surface area contributed by atoms with Gasteiger partial charge in [-0.3, -0.25) is 0 Å². The molecule has 1 unspecified atom stereocenters. The molecular weight excluding hydrogens is 220 g/mol. The second-order valence-corrected chi connectivity index (χ2v) is 3.96. The quantitative estimate of drug-likeness (QED) is 0.557. The van der Waals surface area contributed by atoms with E-state index in [4.69, 9.17) is 0 Å². The summed E-state index contributed by atoms with van der Waals surface area (Å²) in [6, 6.07) is 3.07. The molecule has 0 aliphatic carbocycles. The lowest BCUT2D eigenvalue weighted by atomic mass is 10.2. The normalized spacial score (nSPS) is 12.1. The molecule has 0 saturated heterocycles. The third-order valence-corrected chi connectivity index (χ3v) is 2.33. The molecule has 94 valence electrons. The van der Waals surface area contributed by atoms with Crippen LogP contribution in [0, 0.1) is 16.0 Å². The van der Waals surface area contributed by atoms with Crippen molar-refractivity contribution in [2.24, 2.45) is 5.92 Å². The van der Waals surface area contributed by atoms with Gasteiger partial charge in [-0.25, -0.2) is 0 Å². The lowest BCUT2D eigenvalue weighted by molar-refractivity contribution is -0.389. The molecule has 0 saturated carbocycles. The van der Waals surface area contributed by atoms with E-state index in [2.05, 4.69) is 29.5 Å². The molecule has 1 aromatic heterocycles. The molecule has 6 heteroatoms. The van der Waals surface area contributed by atoms with Crippen LogP contribution in [0.2, 0.25) is 0 Å². The molecule has 0 aromatic carbocycles. The Morgan fingerprint density at radius 3 is 2.76 bits per heavy atom. The zero-order chi connectivity index (χ0) is 12.7. The minimum Gasteiger partial charge on any atom is -0.382 e. The molecule has 1 aromatic rings. The molecule has 2 N–H and O–H groups in total. The summed E-state index contributed by atoms with van der Waals surface area (Å²) in [5.41, 5.74) is 0.805. The molecule has 0 bridgehead atoms. The number of rotatable bonds is 7. The molecular formula is C11H18N4O2. The summed E-state index contributed by atoms with van der Waals surface area (Å²) in [5.74, 6) is 0.362. The number of hydrogen-bond acceptors (Lipinski definition) is 5. The monoisotopic (exact) mass is 238 g/mol. The van der Waals surface area contributed by atoms with E-state index >= 15 is 0 Å². The van der Waals surface area contributed by atoms with Crippen LogP contribution >= 0.6 is 0 Å². The van der Waals surface area contributed by atoms with Gasteiger partial charge >= 0.3 is 5.82 Å². The highest BCUT2D eigenvalue weighted by atomic mass is 16.6. The smallest absolute Gasteiger partial charge is 0.363 e. The van der Waals surface area contributed by atoms with Gasteiger partial charge in [0.1, 0.15) is 0 Å². The fourth-order valence-corrected chi connectivity index (χ4v) is 1.35. The maximum absolute atomic E-state index is 10.4. The number of nitro groups is 1. The molecule has 1 heterocycles. The van der Waals surface area contributed by atoms with Gasteiger partial charge in [0.2, 0.25) is 0 Å². The molecule has 0 radical (unpaired) electrons. The van der Waals surface area contributed by atoms with Gasteiger partial charge in [0.05, 0.1) is 5.69 Å². The number of hydrogen-bond donors (Lipinski definition) is 2. The van der Waals surface area contributed by atoms with Crippen molar-refractivity contribution in [2.45, 2.75) is 13.8 Å². The summed E-state index contributed by atoms with van der Waals surface area (Å²) in [5, 5.41) is 16.9. The summed E-state index contributed by atoms with van der Waals surface area (Å²) in [6.07, 6.45) is 1.48. The highest BCUT2D eigenvalue weighted by Gasteiger charge is 2.06. The minimum atomic E-state index is -0.502. The Hall–Kier alpha value is -1.69. The molecule has 0 aliphatic heterocycles. The van der Waals surface area contributed by atoms with Crippen molar-refractivity contribution < 1.29 is 4.92 Å². The van der Waals surface area contributed by atoms with Crippen LogP contribution in [0.25, 0.3) is 0 Å². The predicted molar refractivity (Wildman–Crippen MR) is 67.1 cm³/mol. The Balaban J connectivity index is 2.39. The third-order valence-electron chi connectivity index (χ3n) is 2.33. The highest BCUT2D eigenvalue weighted by molar-refractivity contribution is 5.43. The molecule has 0 aliphatic rings. The first-order valence-corrected chi connectivity index (χ1v) is 5.68. The first-order valence-electron chi connectivity index (χ1n) is 5.68. The van der Waals surface area contributed by atoms with Crippen LogP contribution in [-0.4, -0.2) is 29.5 Å². The fourth-order valence-electron chi connectivity index (χ4n) is 1.35. The second-order valence-electron chi connectivity index (χ2n) is 3.96. The molecule has 0 amide bonds. The average Bonchev–Trinajstić information content (AvgIpc) is 2.34. The summed E-state index contributed by atoms with van der Waals surface area (Å²) < 4.78 is 0. The van der Waals surface area contributed by atoms with Gasteiger partial charge in [0.15, 0.2) is 6.20 Å². The van der Waals surface area contributed by atoms with Crippen molar-refractivity contribution in [1.82, 2.24) is 10.3 Å². The number of aromatic nitrogens is 1. The summed E-state index contributed by atoms with van der Waals surface area (Å²) in [4.78, 5) is 13.6. The van der Waals surface area contributed by atoms with Gasteiger partial charge in [-0.15, -0.1) is 0 Å². The molecule has 0 fully saturated rings. The summed E-state index contributed by atoms with van der Waals surface area (Å²) in [6.45, 7) is 6.93. The zero-order valence-corrected chi connectivity index (χ0v) is 10.1. The Morgan fingerprint density at radius 2 is 2.24 bits per heavy atom. The van der Waals surface area contributed by atoms with Crippen LogP contribution in [0.4, 0.5) is 11.5 Å². The average molecular weight is 238 g/mol. The first-order chi connectivity index (χ1) is 8.13. The minimum absolute atomic E-state index is 0.128. The number of nitrogens with zero attached hydrogens (tertiary/aromatic N) is 2. The molecule has 6 nitrogen and oxygen atoms in total. The van der Waals surface area contributed by atoms with Crippen molar-refractivity contribution in [2.75, 3.05) is 25.0 Å². The number of anilines is 1. The van der Waals surface area contributed by atoms with E-state index in [9.17, 15) is 10.1 Å². The van der Waals surface area contributed by atoms with Gasteiger partial charge in [-0.2, -0.15) is 0 Å². The van der Waals surface area contributed by atoms with E-state index in [-0.39, 0.29) is 5.82 Å². The number of nitrogens with one attached hydrogen (secondary N) is 2. The molecule has 0 spiro atoms. The van der Waals surface area contributed by atoms with E-state index in [1.807, 2.05) is 0 Å². The fraction of sp³-hybridized carbons (Fsp3) is 0.545. The van der Waals surface area contributed by atoms with Gasteiger partial charge in [-0.05, 0) is 35.0 Å². The van der Waals surface area contributed by atoms with Crippen molar-refractivity contribution in [1.29, 1.82) is 0 Å². The zero-order valence-electron chi connectivity index (χ0n) is 10.1. The van der Waals surface area contributed by atoms with Crippen LogP contribution in [0.15, 0.2) is 18.3 Å². The largest absolute Gasteiger partial charge is 0.382 e. The van der Waals surface area contributed by atoms with E-state index in [0.29, 0.717) is 5.92 Å². The van der Waals surface area contributed by atoms with E-state index in [1.165, 1.54) is 12.3 Å². The first kappa shape index (κ1) is 13.4. The van der Waals surface area contributed by atoms with E-state index in [1.54, 1.807) is 6.07 Å². The van der Waals surface area contributed by atoms with Crippen LogP contribution in [0.5, 0.6) is 0 Å². The Labute approximate surface area is 101 Å². The standard InChI is InChI=1S/C11H18N4O2/c1-3-12-6-9(2)7-13-10-4-5-11(14-8-10)15(16)17/h4-5,8-9,12-13H,3,6-7H2,1-2H3. The summed E-state index contributed by atoms with van der Waals surface area (Å²) in [7, 11) is 0. The van der Waals surface area contributed by atoms with Gasteiger partial charge in [0.25, 0.3) is 0 Å². The molecule has 1 rings (SSSR count). The Morgan fingerprint density at radius 1 is 1.47 bits per heavy atom. The van der Waals surface area contributed by atoms with Crippen LogP contribution in [0.3, 0.4) is 0 Å². The molecule has 17 heavy (non-hydrogen) atoms. The Kier molecular flexibility index (Phi) is 5.35. The Bertz CT molecular complexity index is 353. The maximum atomic E-state index is 10.4. The topological polar surface area (TPSA) is 80.1 Å². The lowest BCUT2D eigenvalue weighted by Crippen LogP contribution is -2.25. The van der Waals surface area contributed by atoms with Crippen molar-refractivity contribution in [3.63, 3.8) is 0 Å². The van der Waals surface area contributed by atoms with Gasteiger partial charge in [-0.1, -0.05) is 13.8 Å². The summed E-state index contributed by atoms with van der Waals surface area (Å²) >= 11 is 0. The van der Waals surface area contributed by atoms with Crippen molar-refractivity contribution >= 4 is 11.5 Å². The van der Waals surface area contributed by atoms with Gasteiger partial charge in [0, 0.05) is 12.6 Å². The number of pyridine rings is 1. The van der Waals surface area contributed by atoms with Crippen LogP contribution in [-0.2, 0) is 0 Å². The van der Waals surface area contributed by atoms with Crippen LogP contribution < -0.4 is 10.6 Å². The van der Waals surface area contributed by atoms with E-state index in [0.717, 1.165) is 25.3 Å². The van der Waals surface area contributed by atoms with Crippen LogP contribution in [0.1, 0.15) is 13.8 Å². The molecule has 1 atom stereocenters. The highest BCUT2D eigenvalue weighted by Crippen LogP contribution is 2.11. The van der Waals surface area contributed by atoms with Crippen molar-refractivity contribution in [3.05, 3.63) is 28.4 Å². The predicted octanol–water partition coefficient (Wildman–Crippen LogP) is 1.65. The van der Waals surface area contributed by atoms with Crippen molar-refractivity contribution in [3.8, 4) is 0 Å². The lowest BCUT2D eigenvalue weighted by Gasteiger charge is -2.12. The maximum Gasteiger partial charge on any atom is 0.363 e. The third kappa shape index (κ3) is 4.78. The SMILES string of the molecule is CCNCC(C)CNc1ccc([N+](=O)[O-])nc1. The van der Waals surface area contributed by atoms with Gasteiger partial charge < -0.3 is 20.7 Å². The van der Waals surface area contributed by atoms with E-state index < -0.39 is 4.92 Å².